The summed E-state index contributed by atoms with van der Waals surface area (Å²) in [7, 11) is -4.50. The highest BCUT2D eigenvalue weighted by molar-refractivity contribution is 7.99. The van der Waals surface area contributed by atoms with Crippen LogP contribution in [0.2, 0.25) is 0 Å². The van der Waals surface area contributed by atoms with Crippen LogP contribution >= 0.6 is 19.4 Å². The second-order valence-corrected chi connectivity index (χ2v) is 14.2. The minimum Gasteiger partial charge on any atom is -0.451 e. The van der Waals surface area contributed by atoms with Gasteiger partial charge in [0.2, 0.25) is 0 Å². The van der Waals surface area contributed by atoms with Gasteiger partial charge in [0.15, 0.2) is 0 Å². The number of carbonyl (C=O) groups excluding carboxylic acids is 1. The van der Waals surface area contributed by atoms with Gasteiger partial charge >= 0.3 is 13.3 Å². The maximum absolute atomic E-state index is 12.2. The van der Waals surface area contributed by atoms with E-state index in [4.69, 9.17) is 14.0 Å². The number of benzene rings is 1. The van der Waals surface area contributed by atoms with Crippen LogP contribution in [-0.2, 0) is 25.0 Å². The van der Waals surface area contributed by atoms with Gasteiger partial charge in [-0.05, 0) is 71.1 Å². The summed E-state index contributed by atoms with van der Waals surface area (Å²) in [5, 5.41) is 0.555. The highest BCUT2D eigenvalue weighted by Gasteiger charge is 2.36. The maximum atomic E-state index is 12.2. The predicted molar refractivity (Wildman–Crippen MR) is 160 cm³/mol. The first-order valence-corrected chi connectivity index (χ1v) is 17.1. The molecule has 0 bridgehead atoms. The molecule has 0 amide bonds. The van der Waals surface area contributed by atoms with Crippen LogP contribution in [0.5, 0.6) is 0 Å². The summed E-state index contributed by atoms with van der Waals surface area (Å²) in [6.45, 7) is 9.38. The van der Waals surface area contributed by atoms with Gasteiger partial charge < -0.3 is 14.4 Å². The zero-order valence-corrected chi connectivity index (χ0v) is 26.2. The van der Waals surface area contributed by atoms with E-state index < -0.39 is 25.0 Å². The molecule has 220 valence electrons. The summed E-state index contributed by atoms with van der Waals surface area (Å²) in [4.78, 5) is 21.8. The molecular formula is C30H53O6PS. The zero-order valence-electron chi connectivity index (χ0n) is 24.5. The van der Waals surface area contributed by atoms with Crippen molar-refractivity contribution < 1.29 is 28.3 Å². The molecule has 0 saturated heterocycles. The van der Waals surface area contributed by atoms with Gasteiger partial charge in [-0.25, -0.2) is 9.36 Å². The average Bonchev–Trinajstić information content (AvgIpc) is 2.86. The van der Waals surface area contributed by atoms with Crippen LogP contribution in [0.15, 0.2) is 30.3 Å². The molecule has 0 fully saturated rings. The van der Waals surface area contributed by atoms with Crippen LogP contribution < -0.4 is 0 Å². The summed E-state index contributed by atoms with van der Waals surface area (Å²) >= 11 is 2.06. The molecule has 3 unspecified atom stereocenters. The Bertz CT molecular complexity index is 783. The van der Waals surface area contributed by atoms with Gasteiger partial charge in [0.1, 0.15) is 5.60 Å². The van der Waals surface area contributed by atoms with E-state index in [1.807, 2.05) is 0 Å². The van der Waals surface area contributed by atoms with Gasteiger partial charge in [-0.15, -0.1) is 0 Å². The van der Waals surface area contributed by atoms with Gasteiger partial charge in [-0.1, -0.05) is 82.2 Å². The first-order valence-electron chi connectivity index (χ1n) is 14.5. The van der Waals surface area contributed by atoms with Crippen molar-refractivity contribution in [2.45, 2.75) is 129 Å². The third kappa shape index (κ3) is 18.4. The summed E-state index contributed by atoms with van der Waals surface area (Å²) in [6, 6.07) is 10.7. The predicted octanol–water partition coefficient (Wildman–Crippen LogP) is 9.18. The number of aryl methyl sites for hydroxylation is 1. The van der Waals surface area contributed by atoms with E-state index in [2.05, 4.69) is 49.0 Å². The summed E-state index contributed by atoms with van der Waals surface area (Å²) in [5.74, 6) is 1.17. The Hall–Kier alpha value is -0.850. The normalized spacial score (nSPS) is 15.1. The number of thioether (sulfide) groups is 1. The minimum atomic E-state index is -4.50. The molecule has 0 aliphatic carbocycles. The van der Waals surface area contributed by atoms with E-state index in [0.717, 1.165) is 12.8 Å². The molecule has 0 heterocycles. The van der Waals surface area contributed by atoms with Crippen molar-refractivity contribution in [1.82, 2.24) is 0 Å². The molecule has 0 radical (unpaired) electrons. The fraction of sp³-hybridized carbons (Fsp3) is 0.767. The first kappa shape index (κ1) is 35.2. The molecule has 0 aromatic heterocycles. The topological polar surface area (TPSA) is 82.1 Å². The lowest BCUT2D eigenvalue weighted by molar-refractivity contribution is 0.0248. The van der Waals surface area contributed by atoms with Crippen molar-refractivity contribution in [3.05, 3.63) is 35.9 Å². The lowest BCUT2D eigenvalue weighted by atomic mass is 10.1. The fourth-order valence-corrected chi connectivity index (χ4v) is 6.20. The number of ether oxygens (including phenoxy) is 2. The quantitative estimate of drug-likeness (QED) is 0.110. The maximum Gasteiger partial charge on any atom is 0.435 e. The second kappa shape index (κ2) is 20.1. The van der Waals surface area contributed by atoms with Gasteiger partial charge in [-0.2, -0.15) is 11.8 Å². The molecule has 0 spiro atoms. The third-order valence-electron chi connectivity index (χ3n) is 6.14. The molecule has 6 nitrogen and oxygen atoms in total. The lowest BCUT2D eigenvalue weighted by Gasteiger charge is -2.22. The second-order valence-electron chi connectivity index (χ2n) is 11.1. The standard InChI is InChI=1S/C30H53O6PS/c1-6-7-8-9-16-21-28(38-24-17-11-10-13-18-27-19-14-12-15-20-27)22-23-34-26(2)25-35-37(32,33)29(31)36-30(3,4)5/h12,14-15,19-20,26,28H,6-11,13,16-18,21-25H2,1-5H3,(H,32,33). The smallest absolute Gasteiger partial charge is 0.435 e. The molecule has 0 aliphatic rings. The number of hydrogen-bond acceptors (Lipinski definition) is 6. The van der Waals surface area contributed by atoms with Gasteiger partial charge in [-0.3, -0.25) is 4.52 Å². The number of hydrogen-bond donors (Lipinski definition) is 1. The Morgan fingerprint density at radius 1 is 0.974 bits per heavy atom. The average molecular weight is 573 g/mol. The Kier molecular flexibility index (Phi) is 18.6. The van der Waals surface area contributed by atoms with Gasteiger partial charge in [0, 0.05) is 11.9 Å². The van der Waals surface area contributed by atoms with Crippen molar-refractivity contribution in [1.29, 1.82) is 0 Å². The Morgan fingerprint density at radius 2 is 1.63 bits per heavy atom. The number of carbonyl (C=O) groups is 1. The van der Waals surface area contributed by atoms with Crippen molar-refractivity contribution in [3.63, 3.8) is 0 Å². The third-order valence-corrected chi connectivity index (χ3v) is 8.66. The molecular weight excluding hydrogens is 519 g/mol. The number of rotatable bonds is 22. The van der Waals surface area contributed by atoms with E-state index in [9.17, 15) is 14.3 Å². The largest absolute Gasteiger partial charge is 0.451 e. The molecule has 1 aromatic rings. The molecule has 3 atom stereocenters. The lowest BCUT2D eigenvalue weighted by Crippen LogP contribution is -2.24. The van der Waals surface area contributed by atoms with E-state index in [0.29, 0.717) is 11.9 Å². The summed E-state index contributed by atoms with van der Waals surface area (Å²) < 4.78 is 28.0. The first-order chi connectivity index (χ1) is 18.0. The fourth-order valence-electron chi connectivity index (χ4n) is 3.99. The Balaban J connectivity index is 2.32. The zero-order chi connectivity index (χ0) is 28.3. The van der Waals surface area contributed by atoms with Crippen molar-refractivity contribution >= 4 is 25.1 Å². The monoisotopic (exact) mass is 572 g/mol. The SMILES string of the molecule is CCCCCCCC(CCOC(C)COP(=O)(O)C(=O)OC(C)(C)C)SCCCCCCc1ccccc1. The molecule has 8 heteroatoms. The number of unbranched alkanes of at least 4 members (excludes halogenated alkanes) is 7. The Labute approximate surface area is 236 Å². The van der Waals surface area contributed by atoms with E-state index >= 15 is 0 Å². The van der Waals surface area contributed by atoms with Crippen LogP contribution in [0.1, 0.15) is 111 Å². The Morgan fingerprint density at radius 3 is 2.32 bits per heavy atom. The molecule has 1 N–H and O–H groups in total. The van der Waals surface area contributed by atoms with Gasteiger partial charge in [0.25, 0.3) is 0 Å². The molecule has 38 heavy (non-hydrogen) atoms. The highest BCUT2D eigenvalue weighted by Crippen LogP contribution is 2.45. The molecule has 0 aliphatic heterocycles. The van der Waals surface area contributed by atoms with E-state index in [1.54, 1.807) is 27.7 Å². The van der Waals surface area contributed by atoms with Crippen molar-refractivity contribution in [2.24, 2.45) is 0 Å². The van der Waals surface area contributed by atoms with Crippen LogP contribution in [0, 0.1) is 0 Å². The van der Waals surface area contributed by atoms with E-state index in [1.165, 1.54) is 75.5 Å². The van der Waals surface area contributed by atoms with Crippen LogP contribution in [0.3, 0.4) is 0 Å². The van der Waals surface area contributed by atoms with Crippen LogP contribution in [-0.4, -0.2) is 46.5 Å². The van der Waals surface area contributed by atoms with Crippen molar-refractivity contribution in [3.8, 4) is 0 Å². The van der Waals surface area contributed by atoms with Crippen molar-refractivity contribution in [2.75, 3.05) is 19.0 Å². The van der Waals surface area contributed by atoms with Gasteiger partial charge in [0.05, 0.1) is 12.7 Å². The molecule has 0 saturated carbocycles. The highest BCUT2D eigenvalue weighted by atomic mass is 32.2. The van der Waals surface area contributed by atoms with Crippen LogP contribution in [0.25, 0.3) is 0 Å². The van der Waals surface area contributed by atoms with E-state index in [-0.39, 0.29) is 6.61 Å². The summed E-state index contributed by atoms with van der Waals surface area (Å²) in [5.41, 5.74) is -0.653. The van der Waals surface area contributed by atoms with Crippen LogP contribution in [0.4, 0.5) is 4.79 Å². The minimum absolute atomic E-state index is 0.134. The summed E-state index contributed by atoms with van der Waals surface area (Å²) in [6.07, 6.45) is 14.3. The molecule has 1 aromatic carbocycles. The molecule has 1 rings (SSSR count).